The van der Waals surface area contributed by atoms with E-state index in [9.17, 15) is 9.59 Å². The lowest BCUT2D eigenvalue weighted by atomic mass is 9.99. The largest absolute Gasteiger partial charge is 0.344 e. The fourth-order valence-corrected chi connectivity index (χ4v) is 4.31. The van der Waals surface area contributed by atoms with E-state index in [4.69, 9.17) is 0 Å². The van der Waals surface area contributed by atoms with Crippen molar-refractivity contribution in [1.29, 1.82) is 0 Å². The molecule has 30 heavy (non-hydrogen) atoms. The molecular formula is C23H32N4O2S. The second-order valence-corrected chi connectivity index (χ2v) is 9.40. The Morgan fingerprint density at radius 3 is 2.57 bits per heavy atom. The van der Waals surface area contributed by atoms with Gasteiger partial charge in [-0.25, -0.2) is 4.98 Å². The van der Waals surface area contributed by atoms with Crippen LogP contribution in [0.2, 0.25) is 0 Å². The summed E-state index contributed by atoms with van der Waals surface area (Å²) in [5.41, 5.74) is 1.91. The van der Waals surface area contributed by atoms with Crippen LogP contribution in [-0.4, -0.2) is 40.8 Å². The lowest BCUT2D eigenvalue weighted by Crippen LogP contribution is -2.47. The molecule has 162 valence electrons. The Labute approximate surface area is 183 Å². The van der Waals surface area contributed by atoms with Gasteiger partial charge in [0.2, 0.25) is 11.8 Å². The van der Waals surface area contributed by atoms with Crippen LogP contribution >= 0.6 is 11.3 Å². The summed E-state index contributed by atoms with van der Waals surface area (Å²) in [7, 11) is 0. The maximum absolute atomic E-state index is 12.8. The number of amides is 2. The number of benzene rings is 1. The van der Waals surface area contributed by atoms with Crippen molar-refractivity contribution in [2.75, 3.05) is 18.4 Å². The first-order valence-electron chi connectivity index (χ1n) is 10.7. The van der Waals surface area contributed by atoms with Gasteiger partial charge in [-0.3, -0.25) is 14.5 Å². The Morgan fingerprint density at radius 1 is 1.20 bits per heavy atom. The minimum absolute atomic E-state index is 0.0282. The summed E-state index contributed by atoms with van der Waals surface area (Å²) in [6.07, 6.45) is 2.71. The molecule has 0 spiro atoms. The standard InChI is InChI=1S/C23H32N4O2S/c1-16(2)21(25-20(28)13-18-7-5-4-6-8-18)22(29)26-23-24-19(15-30-23)14-27-11-9-17(3)10-12-27/h4-8,15-17,21H,9-14H2,1-3H3,(H,25,28)(H,24,26,29). The van der Waals surface area contributed by atoms with E-state index in [0.717, 1.165) is 36.8 Å². The molecule has 2 aromatic rings. The van der Waals surface area contributed by atoms with Crippen LogP contribution in [-0.2, 0) is 22.6 Å². The van der Waals surface area contributed by atoms with E-state index in [-0.39, 0.29) is 24.2 Å². The molecule has 1 atom stereocenters. The third-order valence-electron chi connectivity index (χ3n) is 5.52. The maximum atomic E-state index is 12.8. The topological polar surface area (TPSA) is 74.3 Å². The lowest BCUT2D eigenvalue weighted by molar-refractivity contribution is -0.127. The second kappa shape index (κ2) is 10.7. The van der Waals surface area contributed by atoms with Gasteiger partial charge in [-0.15, -0.1) is 11.3 Å². The molecule has 2 amide bonds. The zero-order valence-corrected chi connectivity index (χ0v) is 18.9. The number of carbonyl (C=O) groups is 2. The molecule has 1 fully saturated rings. The van der Waals surface area contributed by atoms with E-state index in [1.165, 1.54) is 24.2 Å². The summed E-state index contributed by atoms with van der Waals surface area (Å²) in [4.78, 5) is 32.2. The highest BCUT2D eigenvalue weighted by atomic mass is 32.1. The van der Waals surface area contributed by atoms with E-state index in [1.54, 1.807) is 0 Å². The maximum Gasteiger partial charge on any atom is 0.248 e. The summed E-state index contributed by atoms with van der Waals surface area (Å²) in [5.74, 6) is 0.393. The summed E-state index contributed by atoms with van der Waals surface area (Å²) in [6.45, 7) is 9.18. The molecule has 3 rings (SSSR count). The Bertz CT molecular complexity index is 829. The van der Waals surface area contributed by atoms with E-state index in [0.29, 0.717) is 5.13 Å². The molecule has 7 heteroatoms. The van der Waals surface area contributed by atoms with Gasteiger partial charge in [0, 0.05) is 11.9 Å². The van der Waals surface area contributed by atoms with Crippen LogP contribution in [0.4, 0.5) is 5.13 Å². The third kappa shape index (κ3) is 6.64. The Hall–Kier alpha value is -2.25. The third-order valence-corrected chi connectivity index (χ3v) is 6.32. The van der Waals surface area contributed by atoms with Gasteiger partial charge in [0.1, 0.15) is 6.04 Å². The SMILES string of the molecule is CC1CCN(Cc2csc(NC(=O)C(NC(=O)Cc3ccccc3)C(C)C)n2)CC1. The van der Waals surface area contributed by atoms with Gasteiger partial charge >= 0.3 is 0 Å². The number of thiazole rings is 1. The highest BCUT2D eigenvalue weighted by molar-refractivity contribution is 7.13. The summed E-state index contributed by atoms with van der Waals surface area (Å²) in [5, 5.41) is 8.36. The first-order valence-corrected chi connectivity index (χ1v) is 11.6. The zero-order chi connectivity index (χ0) is 21.5. The lowest BCUT2D eigenvalue weighted by Gasteiger charge is -2.29. The Morgan fingerprint density at radius 2 is 1.90 bits per heavy atom. The molecule has 0 saturated carbocycles. The van der Waals surface area contributed by atoms with Crippen LogP contribution in [0.15, 0.2) is 35.7 Å². The number of hydrogen-bond donors (Lipinski definition) is 2. The first kappa shape index (κ1) is 22.4. The predicted molar refractivity (Wildman–Crippen MR) is 121 cm³/mol. The van der Waals surface area contributed by atoms with Crippen molar-refractivity contribution < 1.29 is 9.59 Å². The number of aromatic nitrogens is 1. The fraction of sp³-hybridized carbons (Fsp3) is 0.522. The van der Waals surface area contributed by atoms with Crippen molar-refractivity contribution in [2.24, 2.45) is 11.8 Å². The van der Waals surface area contributed by atoms with Crippen LogP contribution in [0, 0.1) is 11.8 Å². The molecule has 1 aromatic heterocycles. The number of anilines is 1. The van der Waals surface area contributed by atoms with E-state index in [2.05, 4.69) is 27.4 Å². The van der Waals surface area contributed by atoms with E-state index >= 15 is 0 Å². The normalized spacial score (nSPS) is 16.4. The quantitative estimate of drug-likeness (QED) is 0.672. The highest BCUT2D eigenvalue weighted by Crippen LogP contribution is 2.21. The van der Waals surface area contributed by atoms with Crippen LogP contribution in [0.3, 0.4) is 0 Å². The van der Waals surface area contributed by atoms with Gasteiger partial charge in [0.05, 0.1) is 12.1 Å². The van der Waals surface area contributed by atoms with Crippen LogP contribution in [0.5, 0.6) is 0 Å². The molecule has 2 heterocycles. The van der Waals surface area contributed by atoms with Crippen molar-refractivity contribution in [3.63, 3.8) is 0 Å². The fourth-order valence-electron chi connectivity index (χ4n) is 3.61. The summed E-state index contributed by atoms with van der Waals surface area (Å²) < 4.78 is 0. The first-order chi connectivity index (χ1) is 14.4. The molecule has 0 bridgehead atoms. The summed E-state index contributed by atoms with van der Waals surface area (Å²) in [6, 6.07) is 8.94. The highest BCUT2D eigenvalue weighted by Gasteiger charge is 2.25. The van der Waals surface area contributed by atoms with Crippen molar-refractivity contribution >= 4 is 28.3 Å². The minimum Gasteiger partial charge on any atom is -0.344 e. The molecule has 1 saturated heterocycles. The van der Waals surface area contributed by atoms with E-state index in [1.807, 2.05) is 49.6 Å². The van der Waals surface area contributed by atoms with Crippen LogP contribution < -0.4 is 10.6 Å². The molecule has 0 radical (unpaired) electrons. The predicted octanol–water partition coefficient (Wildman–Crippen LogP) is 3.70. The van der Waals surface area contributed by atoms with Gasteiger partial charge in [-0.2, -0.15) is 0 Å². The molecular weight excluding hydrogens is 396 g/mol. The molecule has 1 aliphatic rings. The number of hydrogen-bond acceptors (Lipinski definition) is 5. The molecule has 1 aliphatic heterocycles. The van der Waals surface area contributed by atoms with Crippen molar-refractivity contribution in [2.45, 2.75) is 52.6 Å². The van der Waals surface area contributed by atoms with Gasteiger partial charge < -0.3 is 10.6 Å². The average molecular weight is 429 g/mol. The molecule has 1 aromatic carbocycles. The molecule has 2 N–H and O–H groups in total. The Kier molecular flexibility index (Phi) is 7.99. The van der Waals surface area contributed by atoms with Crippen LogP contribution in [0.25, 0.3) is 0 Å². The summed E-state index contributed by atoms with van der Waals surface area (Å²) >= 11 is 1.44. The van der Waals surface area contributed by atoms with Crippen molar-refractivity contribution in [3.05, 3.63) is 47.0 Å². The number of piperidine rings is 1. The average Bonchev–Trinajstić information content (AvgIpc) is 3.15. The van der Waals surface area contributed by atoms with Gasteiger partial charge in [-0.05, 0) is 43.3 Å². The van der Waals surface area contributed by atoms with Gasteiger partial charge in [0.15, 0.2) is 5.13 Å². The zero-order valence-electron chi connectivity index (χ0n) is 18.1. The van der Waals surface area contributed by atoms with Crippen molar-refractivity contribution in [3.8, 4) is 0 Å². The molecule has 1 unspecified atom stereocenters. The minimum atomic E-state index is -0.600. The molecule has 6 nitrogen and oxygen atoms in total. The number of rotatable bonds is 8. The molecule has 0 aliphatic carbocycles. The van der Waals surface area contributed by atoms with Gasteiger partial charge in [-0.1, -0.05) is 51.1 Å². The Balaban J connectivity index is 1.53. The van der Waals surface area contributed by atoms with Crippen LogP contribution in [0.1, 0.15) is 44.9 Å². The number of nitrogens with zero attached hydrogens (tertiary/aromatic N) is 2. The smallest absolute Gasteiger partial charge is 0.248 e. The number of likely N-dealkylation sites (tertiary alicyclic amines) is 1. The van der Waals surface area contributed by atoms with Gasteiger partial charge in [0.25, 0.3) is 0 Å². The second-order valence-electron chi connectivity index (χ2n) is 8.54. The monoisotopic (exact) mass is 428 g/mol. The van der Waals surface area contributed by atoms with Crippen molar-refractivity contribution in [1.82, 2.24) is 15.2 Å². The number of carbonyl (C=O) groups excluding carboxylic acids is 2. The number of nitrogens with one attached hydrogen (secondary N) is 2. The van der Waals surface area contributed by atoms with E-state index < -0.39 is 6.04 Å².